The fraction of sp³-hybridized carbons (Fsp3) is 0.294. The molecule has 1 N–H and O–H groups in total. The Balaban J connectivity index is 2.31. The smallest absolute Gasteiger partial charge is 0.137 e. The van der Waals surface area contributed by atoms with Crippen molar-refractivity contribution in [3.05, 3.63) is 53.6 Å². The number of methoxy groups -OCH3 is 1. The highest BCUT2D eigenvalue weighted by molar-refractivity contribution is 5.66. The standard InChI is InChI=1S/C17H19F2NO/c1-11(20-2)8-12-4-6-13(7-5-12)17-15(18)9-14(21-3)10-16(17)19/h4-7,9-11,20H,8H2,1-3H3. The zero-order chi connectivity index (χ0) is 15.4. The topological polar surface area (TPSA) is 21.3 Å². The number of hydrogen-bond donors (Lipinski definition) is 1. The third-order valence-corrected chi connectivity index (χ3v) is 3.53. The lowest BCUT2D eigenvalue weighted by Gasteiger charge is -2.11. The summed E-state index contributed by atoms with van der Waals surface area (Å²) in [5.74, 6) is -1.07. The summed E-state index contributed by atoms with van der Waals surface area (Å²) >= 11 is 0. The third-order valence-electron chi connectivity index (χ3n) is 3.53. The van der Waals surface area contributed by atoms with Crippen LogP contribution in [0.3, 0.4) is 0 Å². The number of rotatable bonds is 5. The lowest BCUT2D eigenvalue weighted by Crippen LogP contribution is -2.23. The van der Waals surface area contributed by atoms with Crippen LogP contribution in [0.5, 0.6) is 5.75 Å². The molecule has 0 heterocycles. The first kappa shape index (κ1) is 15.4. The molecule has 2 rings (SSSR count). The molecule has 0 aliphatic rings. The predicted octanol–water partition coefficient (Wildman–Crippen LogP) is 3.79. The minimum absolute atomic E-state index is 0.0241. The minimum atomic E-state index is -0.622. The number of likely N-dealkylation sites (N-methyl/N-ethyl adjacent to an activating group) is 1. The van der Waals surface area contributed by atoms with Crippen molar-refractivity contribution in [2.75, 3.05) is 14.2 Å². The van der Waals surface area contributed by atoms with E-state index in [1.807, 2.05) is 19.2 Å². The van der Waals surface area contributed by atoms with Gasteiger partial charge in [-0.2, -0.15) is 0 Å². The molecule has 0 bridgehead atoms. The molecule has 112 valence electrons. The maximum absolute atomic E-state index is 14.0. The van der Waals surface area contributed by atoms with E-state index in [0.717, 1.165) is 12.0 Å². The Kier molecular flexibility index (Phi) is 4.91. The second-order valence-electron chi connectivity index (χ2n) is 5.06. The molecule has 0 aromatic heterocycles. The van der Waals surface area contributed by atoms with Crippen LogP contribution in [-0.4, -0.2) is 20.2 Å². The van der Waals surface area contributed by atoms with Crippen molar-refractivity contribution in [1.29, 1.82) is 0 Å². The maximum Gasteiger partial charge on any atom is 0.137 e. The molecular formula is C17H19F2NO. The normalized spacial score (nSPS) is 12.2. The summed E-state index contributed by atoms with van der Waals surface area (Å²) in [7, 11) is 3.28. The molecule has 21 heavy (non-hydrogen) atoms. The zero-order valence-electron chi connectivity index (χ0n) is 12.4. The third kappa shape index (κ3) is 3.58. The van der Waals surface area contributed by atoms with Gasteiger partial charge >= 0.3 is 0 Å². The molecule has 2 aromatic rings. The summed E-state index contributed by atoms with van der Waals surface area (Å²) in [5.41, 5.74) is 1.62. The average molecular weight is 291 g/mol. The SMILES string of the molecule is CNC(C)Cc1ccc(-c2c(F)cc(OC)cc2F)cc1. The maximum atomic E-state index is 14.0. The van der Waals surface area contributed by atoms with Crippen LogP contribution in [0.2, 0.25) is 0 Å². The van der Waals surface area contributed by atoms with Gasteiger partial charge in [0.05, 0.1) is 12.7 Å². The van der Waals surface area contributed by atoms with Gasteiger partial charge in [-0.3, -0.25) is 0 Å². The molecule has 1 atom stereocenters. The Bertz CT molecular complexity index is 588. The van der Waals surface area contributed by atoms with Gasteiger partial charge in [0.25, 0.3) is 0 Å². The van der Waals surface area contributed by atoms with E-state index in [-0.39, 0.29) is 11.3 Å². The highest BCUT2D eigenvalue weighted by Crippen LogP contribution is 2.29. The van der Waals surface area contributed by atoms with E-state index < -0.39 is 11.6 Å². The summed E-state index contributed by atoms with van der Waals surface area (Å²) < 4.78 is 32.9. The van der Waals surface area contributed by atoms with E-state index in [0.29, 0.717) is 11.6 Å². The van der Waals surface area contributed by atoms with Crippen LogP contribution < -0.4 is 10.1 Å². The van der Waals surface area contributed by atoms with Gasteiger partial charge in [0.1, 0.15) is 17.4 Å². The van der Waals surface area contributed by atoms with Gasteiger partial charge in [-0.05, 0) is 31.5 Å². The molecule has 0 aliphatic heterocycles. The Morgan fingerprint density at radius 2 is 1.67 bits per heavy atom. The Morgan fingerprint density at radius 3 is 2.14 bits per heavy atom. The summed E-state index contributed by atoms with van der Waals surface area (Å²) in [5, 5.41) is 3.16. The Hall–Kier alpha value is -1.94. The summed E-state index contributed by atoms with van der Waals surface area (Å²) in [6, 6.07) is 10.0. The number of halogens is 2. The first-order valence-electron chi connectivity index (χ1n) is 6.84. The van der Waals surface area contributed by atoms with Gasteiger partial charge in [-0.15, -0.1) is 0 Å². The van der Waals surface area contributed by atoms with E-state index in [1.165, 1.54) is 19.2 Å². The van der Waals surface area contributed by atoms with Gasteiger partial charge < -0.3 is 10.1 Å². The van der Waals surface area contributed by atoms with Gasteiger partial charge in [-0.1, -0.05) is 24.3 Å². The van der Waals surface area contributed by atoms with Crippen molar-refractivity contribution >= 4 is 0 Å². The summed E-state index contributed by atoms with van der Waals surface area (Å²) in [4.78, 5) is 0. The van der Waals surface area contributed by atoms with Gasteiger partial charge in [0.15, 0.2) is 0 Å². The van der Waals surface area contributed by atoms with Crippen LogP contribution in [0.4, 0.5) is 8.78 Å². The van der Waals surface area contributed by atoms with Crippen LogP contribution in [0, 0.1) is 11.6 Å². The summed E-state index contributed by atoms with van der Waals surface area (Å²) in [6.07, 6.45) is 0.865. The Morgan fingerprint density at radius 1 is 1.10 bits per heavy atom. The number of hydrogen-bond acceptors (Lipinski definition) is 2. The quantitative estimate of drug-likeness (QED) is 0.905. The van der Waals surface area contributed by atoms with E-state index in [4.69, 9.17) is 4.74 Å². The van der Waals surface area contributed by atoms with Gasteiger partial charge in [-0.25, -0.2) is 8.78 Å². The molecule has 2 aromatic carbocycles. The number of benzene rings is 2. The molecule has 0 saturated heterocycles. The fourth-order valence-electron chi connectivity index (χ4n) is 2.21. The number of nitrogens with one attached hydrogen (secondary N) is 1. The van der Waals surface area contributed by atoms with Crippen molar-refractivity contribution in [3.8, 4) is 16.9 Å². The second-order valence-corrected chi connectivity index (χ2v) is 5.06. The van der Waals surface area contributed by atoms with Crippen LogP contribution >= 0.6 is 0 Å². The molecule has 0 fully saturated rings. The van der Waals surface area contributed by atoms with Crippen molar-refractivity contribution in [1.82, 2.24) is 5.32 Å². The molecular weight excluding hydrogens is 272 g/mol. The van der Waals surface area contributed by atoms with E-state index in [9.17, 15) is 8.78 Å². The number of ether oxygens (including phenoxy) is 1. The average Bonchev–Trinajstić information content (AvgIpc) is 2.48. The molecule has 1 unspecified atom stereocenters. The largest absolute Gasteiger partial charge is 0.497 e. The highest BCUT2D eigenvalue weighted by atomic mass is 19.1. The first-order valence-corrected chi connectivity index (χ1v) is 6.84. The van der Waals surface area contributed by atoms with Gasteiger partial charge in [0, 0.05) is 18.2 Å². The lowest BCUT2D eigenvalue weighted by molar-refractivity contribution is 0.407. The van der Waals surface area contributed by atoms with Crippen LogP contribution in [-0.2, 0) is 6.42 Å². The molecule has 0 aliphatic carbocycles. The predicted molar refractivity (Wildman–Crippen MR) is 80.6 cm³/mol. The van der Waals surface area contributed by atoms with E-state index in [1.54, 1.807) is 12.1 Å². The molecule has 0 spiro atoms. The monoisotopic (exact) mass is 291 g/mol. The van der Waals surface area contributed by atoms with Crippen LogP contribution in [0.15, 0.2) is 36.4 Å². The molecule has 0 amide bonds. The van der Waals surface area contributed by atoms with Crippen LogP contribution in [0.1, 0.15) is 12.5 Å². The van der Waals surface area contributed by atoms with Crippen LogP contribution in [0.25, 0.3) is 11.1 Å². The van der Waals surface area contributed by atoms with E-state index >= 15 is 0 Å². The molecule has 2 nitrogen and oxygen atoms in total. The van der Waals surface area contributed by atoms with Crippen molar-refractivity contribution in [3.63, 3.8) is 0 Å². The minimum Gasteiger partial charge on any atom is -0.497 e. The Labute approximate surface area is 123 Å². The lowest BCUT2D eigenvalue weighted by atomic mass is 10.00. The molecule has 0 radical (unpaired) electrons. The van der Waals surface area contributed by atoms with Crippen molar-refractivity contribution < 1.29 is 13.5 Å². The zero-order valence-corrected chi connectivity index (χ0v) is 12.4. The highest BCUT2D eigenvalue weighted by Gasteiger charge is 2.14. The van der Waals surface area contributed by atoms with Crippen molar-refractivity contribution in [2.24, 2.45) is 0 Å². The molecule has 4 heteroatoms. The van der Waals surface area contributed by atoms with Crippen molar-refractivity contribution in [2.45, 2.75) is 19.4 Å². The summed E-state index contributed by atoms with van der Waals surface area (Å²) in [6.45, 7) is 2.08. The van der Waals surface area contributed by atoms with Gasteiger partial charge in [0.2, 0.25) is 0 Å². The van der Waals surface area contributed by atoms with E-state index in [2.05, 4.69) is 12.2 Å². The fourth-order valence-corrected chi connectivity index (χ4v) is 2.21. The first-order chi connectivity index (χ1) is 10.0. The molecule has 0 saturated carbocycles. The second kappa shape index (κ2) is 6.68.